The number of nitrogens with two attached hydrogens (primary N) is 2. The molecule has 89 heavy (non-hydrogen) atoms. The van der Waals surface area contributed by atoms with Crippen LogP contribution in [0.2, 0.25) is 0 Å². The van der Waals surface area contributed by atoms with Gasteiger partial charge in [0.25, 0.3) is 0 Å². The van der Waals surface area contributed by atoms with E-state index < -0.39 is 11.1 Å². The Morgan fingerprint density at radius 2 is 0.551 bits per heavy atom. The van der Waals surface area contributed by atoms with Gasteiger partial charge < -0.3 is 59.3 Å². The third-order valence-electron chi connectivity index (χ3n) is 17.5. The minimum absolute atomic E-state index is 0.119. The van der Waals surface area contributed by atoms with Gasteiger partial charge in [-0.2, -0.15) is 0 Å². The molecule has 0 aliphatic heterocycles. The molecular weight excluding hydrogens is 1130 g/mol. The van der Waals surface area contributed by atoms with Crippen molar-refractivity contribution in [1.82, 2.24) is 47.9 Å². The molecule has 4 rings (SSSR count). The van der Waals surface area contributed by atoms with Crippen LogP contribution >= 0.6 is 0 Å². The first-order valence-electron chi connectivity index (χ1n) is 33.2. The van der Waals surface area contributed by atoms with E-state index >= 15 is 0 Å². The summed E-state index contributed by atoms with van der Waals surface area (Å²) in [5.74, 6) is -0.953. The number of carbonyl (C=O) groups is 10. The highest BCUT2D eigenvalue weighted by atomic mass is 16.2. The number of rotatable bonds is 40. The Labute approximate surface area is 531 Å². The SMILES string of the molecule is CC1(C)CC(=O)C(=CCNCCCC(CCCN)(CCCNCC=C2C(=O)CC(C)(C)CC2=O)NC(=O)NCCCNCCCNC(=O)NC(CCCN)(CCCNCC=C2C(=O)CC(C)(C)CC2=O)CCCNCC=C2C(=O)CC(C)(C)CC2=O)C(=O)C1. The Hall–Kier alpha value is -5.42. The largest absolute Gasteiger partial charge is 0.338 e. The van der Waals surface area contributed by atoms with E-state index in [9.17, 15) is 47.9 Å². The number of nitrogens with one attached hydrogen (secondary N) is 9. The summed E-state index contributed by atoms with van der Waals surface area (Å²) in [4.78, 5) is 129. The van der Waals surface area contributed by atoms with Gasteiger partial charge in [-0.1, -0.05) is 79.7 Å². The molecule has 0 atom stereocenters. The van der Waals surface area contributed by atoms with Crippen LogP contribution in [0.4, 0.5) is 9.59 Å². The van der Waals surface area contributed by atoms with E-state index in [1.807, 2.05) is 55.4 Å². The summed E-state index contributed by atoms with van der Waals surface area (Å²) in [7, 11) is 0. The smallest absolute Gasteiger partial charge is 0.315 e. The minimum Gasteiger partial charge on any atom is -0.338 e. The lowest BCUT2D eigenvalue weighted by atomic mass is 9.74. The molecule has 21 heteroatoms. The Bertz CT molecular complexity index is 2180. The zero-order valence-electron chi connectivity index (χ0n) is 55.5. The van der Waals surface area contributed by atoms with E-state index in [1.165, 1.54) is 0 Å². The van der Waals surface area contributed by atoms with Gasteiger partial charge >= 0.3 is 12.1 Å². The van der Waals surface area contributed by atoms with Gasteiger partial charge in [-0.05, 0) is 164 Å². The molecule has 4 fully saturated rings. The number of amides is 4. The number of hydrogen-bond donors (Lipinski definition) is 11. The third kappa shape index (κ3) is 27.9. The maximum atomic E-state index is 13.7. The lowest BCUT2D eigenvalue weighted by molar-refractivity contribution is -0.129. The van der Waals surface area contributed by atoms with Gasteiger partial charge in [0, 0.05) is 102 Å². The molecule has 4 saturated carbocycles. The summed E-state index contributed by atoms with van der Waals surface area (Å²) in [6, 6.07) is -0.563. The second-order valence-electron chi connectivity index (χ2n) is 28.7. The molecule has 500 valence electrons. The van der Waals surface area contributed by atoms with E-state index in [-0.39, 0.29) is 102 Å². The van der Waals surface area contributed by atoms with Gasteiger partial charge in [0.15, 0.2) is 46.3 Å². The Kier molecular flexibility index (Phi) is 31.8. The van der Waals surface area contributed by atoms with Crippen molar-refractivity contribution in [2.24, 2.45) is 33.1 Å². The normalized spacial score (nSPS) is 18.5. The van der Waals surface area contributed by atoms with Crippen LogP contribution < -0.4 is 59.3 Å². The van der Waals surface area contributed by atoms with Crippen molar-refractivity contribution >= 4 is 58.3 Å². The third-order valence-corrected chi connectivity index (χ3v) is 17.5. The lowest BCUT2D eigenvalue weighted by Gasteiger charge is -2.36. The molecule has 0 unspecified atom stereocenters. The maximum absolute atomic E-state index is 13.7. The Morgan fingerprint density at radius 3 is 0.775 bits per heavy atom. The predicted molar refractivity (Wildman–Crippen MR) is 350 cm³/mol. The standard InChI is InChI=1S/C68H113N11O10/c1-63(2)41-53(80)49(54(81)42-63)17-37-72-29-11-23-67(21-9-27-69,24-12-30-73-38-18-50-55(82)43-64(3,4)44-56(50)83)78-61(88)76-35-15-33-71-34-16-36-77-62(89)79-68(22-10-28-70,25-13-31-74-39-19-51-57(84)45-65(5,6)46-58(51)85)26-14-32-75-40-20-52-59(86)47-66(7,8)48-60(52)87/h17-20,71-75H,9-16,21-48,69-70H2,1-8H3,(H2,76,78,88)(H2,77,79,89). The fourth-order valence-corrected chi connectivity index (χ4v) is 12.9. The fourth-order valence-electron chi connectivity index (χ4n) is 12.9. The second-order valence-corrected chi connectivity index (χ2v) is 28.7. The topological polar surface area (TPSA) is 331 Å². The van der Waals surface area contributed by atoms with Crippen molar-refractivity contribution in [3.8, 4) is 0 Å². The summed E-state index contributed by atoms with van der Waals surface area (Å²) in [5, 5.41) is 29.6. The lowest BCUT2D eigenvalue weighted by Crippen LogP contribution is -2.53. The average Bonchev–Trinajstić information content (AvgIpc) is 2.78. The predicted octanol–water partition coefficient (Wildman–Crippen LogP) is 5.93. The highest BCUT2D eigenvalue weighted by molar-refractivity contribution is 6.24. The Balaban J connectivity index is 1.27. The van der Waals surface area contributed by atoms with Gasteiger partial charge in [0.1, 0.15) is 0 Å². The van der Waals surface area contributed by atoms with Crippen LogP contribution in [0.1, 0.15) is 197 Å². The summed E-state index contributed by atoms with van der Waals surface area (Å²) < 4.78 is 0. The van der Waals surface area contributed by atoms with Crippen LogP contribution in [0.3, 0.4) is 0 Å². The zero-order valence-corrected chi connectivity index (χ0v) is 55.5. The van der Waals surface area contributed by atoms with Gasteiger partial charge in [0.2, 0.25) is 0 Å². The van der Waals surface area contributed by atoms with Crippen molar-refractivity contribution in [2.45, 2.75) is 208 Å². The molecule has 0 saturated heterocycles. The average molecular weight is 1240 g/mol. The zero-order chi connectivity index (χ0) is 65.7. The number of urea groups is 2. The highest BCUT2D eigenvalue weighted by Gasteiger charge is 2.39. The van der Waals surface area contributed by atoms with Crippen LogP contribution in [0.15, 0.2) is 46.6 Å². The second kappa shape index (κ2) is 37.2. The van der Waals surface area contributed by atoms with Crippen LogP contribution in [-0.4, -0.2) is 161 Å². The van der Waals surface area contributed by atoms with Crippen LogP contribution in [0.5, 0.6) is 0 Å². The number of ketones is 8. The number of allylic oxidation sites excluding steroid dienone is 4. The van der Waals surface area contributed by atoms with E-state index in [0.717, 1.165) is 0 Å². The number of carbonyl (C=O) groups excluding carboxylic acids is 10. The molecule has 21 nitrogen and oxygen atoms in total. The first-order chi connectivity index (χ1) is 42.0. The van der Waals surface area contributed by atoms with Crippen molar-refractivity contribution in [2.75, 3.05) is 91.6 Å². The molecule has 4 aliphatic carbocycles. The molecule has 0 spiro atoms. The van der Waals surface area contributed by atoms with Crippen LogP contribution in [-0.2, 0) is 38.4 Å². The molecule has 0 aromatic rings. The van der Waals surface area contributed by atoms with Crippen molar-refractivity contribution in [3.63, 3.8) is 0 Å². The van der Waals surface area contributed by atoms with Crippen LogP contribution in [0, 0.1) is 21.7 Å². The first kappa shape index (κ1) is 76.0. The monoisotopic (exact) mass is 1240 g/mol. The summed E-state index contributed by atoms with van der Waals surface area (Å²) in [6.07, 6.45) is 19.0. The van der Waals surface area contributed by atoms with Crippen molar-refractivity contribution in [3.05, 3.63) is 46.6 Å². The van der Waals surface area contributed by atoms with Crippen molar-refractivity contribution in [1.29, 1.82) is 0 Å². The van der Waals surface area contributed by atoms with Gasteiger partial charge in [-0.15, -0.1) is 0 Å². The molecule has 0 bridgehead atoms. The Morgan fingerprint density at radius 1 is 0.337 bits per heavy atom. The van der Waals surface area contributed by atoms with E-state index in [4.69, 9.17) is 11.5 Å². The first-order valence-corrected chi connectivity index (χ1v) is 33.2. The minimum atomic E-state index is -0.587. The quantitative estimate of drug-likeness (QED) is 0.0192. The summed E-state index contributed by atoms with van der Waals surface area (Å²) in [6.45, 7) is 22.4. The molecule has 4 aliphatic rings. The van der Waals surface area contributed by atoms with Crippen molar-refractivity contribution < 1.29 is 47.9 Å². The fraction of sp³-hybridized carbons (Fsp3) is 0.735. The molecule has 0 radical (unpaired) electrons. The van der Waals surface area contributed by atoms with Crippen LogP contribution in [0.25, 0.3) is 0 Å². The van der Waals surface area contributed by atoms with E-state index in [2.05, 4.69) is 47.9 Å². The summed E-state index contributed by atoms with van der Waals surface area (Å²) >= 11 is 0. The molecule has 0 aromatic heterocycles. The maximum Gasteiger partial charge on any atom is 0.315 e. The van der Waals surface area contributed by atoms with Gasteiger partial charge in [-0.25, -0.2) is 9.59 Å². The van der Waals surface area contributed by atoms with Gasteiger partial charge in [0.05, 0.1) is 22.3 Å². The molecule has 4 amide bonds. The molecule has 13 N–H and O–H groups in total. The van der Waals surface area contributed by atoms with Gasteiger partial charge in [-0.3, -0.25) is 38.4 Å². The molecular formula is C68H113N11O10. The van der Waals surface area contributed by atoms with E-state index in [0.29, 0.717) is 233 Å². The van der Waals surface area contributed by atoms with E-state index in [1.54, 1.807) is 24.3 Å². The highest BCUT2D eigenvalue weighted by Crippen LogP contribution is 2.37. The number of hydrogen-bond acceptors (Lipinski definition) is 17. The molecule has 0 aromatic carbocycles. The number of Topliss-reactive ketones (excluding diaryl/α,β-unsaturated/α-hetero) is 8. The summed E-state index contributed by atoms with van der Waals surface area (Å²) in [5.41, 5.74) is 10.7. The molecule has 0 heterocycles.